The van der Waals surface area contributed by atoms with Crippen LogP contribution in [0.25, 0.3) is 22.0 Å². The summed E-state index contributed by atoms with van der Waals surface area (Å²) in [6.45, 7) is 8.57. The van der Waals surface area contributed by atoms with Crippen LogP contribution in [-0.4, -0.2) is 31.4 Å². The van der Waals surface area contributed by atoms with E-state index in [1.807, 2.05) is 27.5 Å². The summed E-state index contributed by atoms with van der Waals surface area (Å²) in [6, 6.07) is 10.2. The van der Waals surface area contributed by atoms with Crippen molar-refractivity contribution in [1.29, 1.82) is 0 Å². The predicted octanol–water partition coefficient (Wildman–Crippen LogP) is 5.66. The Balaban J connectivity index is 1.40. The number of carbonyl (C=O) groups is 1. The zero-order valence-corrected chi connectivity index (χ0v) is 19.6. The molecule has 0 aliphatic carbocycles. The molecule has 0 spiro atoms. The molecule has 1 N–H and O–H groups in total. The van der Waals surface area contributed by atoms with E-state index < -0.39 is 0 Å². The van der Waals surface area contributed by atoms with E-state index >= 15 is 0 Å². The smallest absolute Gasteiger partial charge is 0.236 e. The van der Waals surface area contributed by atoms with Crippen molar-refractivity contribution in [3.63, 3.8) is 0 Å². The average molecular weight is 468 g/mol. The number of rotatable bonds is 8. The number of hydrogen-bond donors (Lipinski definition) is 1. The van der Waals surface area contributed by atoms with Crippen molar-refractivity contribution < 1.29 is 4.79 Å². The molecule has 1 aromatic carbocycles. The fraction of sp³-hybridized carbons (Fsp3) is 0.182. The molecule has 0 bridgehead atoms. The number of thiazole rings is 1. The Morgan fingerprint density at radius 2 is 2.10 bits per heavy atom. The highest BCUT2D eigenvalue weighted by atomic mass is 32.2. The summed E-state index contributed by atoms with van der Waals surface area (Å²) in [7, 11) is 0. The van der Waals surface area contributed by atoms with Gasteiger partial charge >= 0.3 is 0 Å². The third-order valence-corrected chi connectivity index (χ3v) is 7.25. The molecule has 0 fully saturated rings. The maximum Gasteiger partial charge on any atom is 0.236 e. The quantitative estimate of drug-likeness (QED) is 0.267. The molecule has 0 atom stereocenters. The van der Waals surface area contributed by atoms with Gasteiger partial charge in [0.1, 0.15) is 0 Å². The van der Waals surface area contributed by atoms with Gasteiger partial charge < -0.3 is 5.32 Å². The molecule has 158 valence electrons. The molecule has 6 nitrogen and oxygen atoms in total. The lowest BCUT2D eigenvalue weighted by atomic mass is 10.1. The zero-order chi connectivity index (χ0) is 21.8. The van der Waals surface area contributed by atoms with Gasteiger partial charge in [0.25, 0.3) is 0 Å². The van der Waals surface area contributed by atoms with Gasteiger partial charge in [-0.15, -0.1) is 39.4 Å². The van der Waals surface area contributed by atoms with Crippen LogP contribution in [0.3, 0.4) is 0 Å². The van der Waals surface area contributed by atoms with E-state index in [2.05, 4.69) is 59.1 Å². The van der Waals surface area contributed by atoms with Crippen LogP contribution in [0, 0.1) is 13.8 Å². The Morgan fingerprint density at radius 3 is 2.84 bits per heavy atom. The normalized spacial score (nSPS) is 10.9. The molecule has 0 saturated carbocycles. The largest absolute Gasteiger partial charge is 0.301 e. The number of carbonyl (C=O) groups excluding carboxylic acids is 1. The Kier molecular flexibility index (Phi) is 6.64. The number of benzene rings is 1. The van der Waals surface area contributed by atoms with E-state index in [0.29, 0.717) is 16.8 Å². The van der Waals surface area contributed by atoms with Crippen molar-refractivity contribution in [2.75, 3.05) is 11.1 Å². The van der Waals surface area contributed by atoms with Crippen LogP contribution in [0.4, 0.5) is 5.13 Å². The summed E-state index contributed by atoms with van der Waals surface area (Å²) in [6.07, 6.45) is 1.80. The van der Waals surface area contributed by atoms with Crippen LogP contribution in [0.5, 0.6) is 0 Å². The first-order valence-corrected chi connectivity index (χ1v) is 12.3. The summed E-state index contributed by atoms with van der Waals surface area (Å²) >= 11 is 4.38. The minimum atomic E-state index is -0.128. The van der Waals surface area contributed by atoms with Crippen molar-refractivity contribution >= 4 is 45.5 Å². The molecule has 0 unspecified atom stereocenters. The maximum absolute atomic E-state index is 12.5. The standard InChI is InChI=1S/C22H21N5OS3/c1-4-9-27-20(18-6-5-10-29-18)25-26-22(27)31-13-19(28)24-21-23-17(12-30-21)16-8-7-14(2)15(3)11-16/h4-8,10-12H,1,9,13H2,2-3H3,(H,23,24,28). The molecule has 3 heterocycles. The molecule has 9 heteroatoms. The van der Waals surface area contributed by atoms with Gasteiger partial charge in [-0.2, -0.15) is 0 Å². The Morgan fingerprint density at radius 1 is 1.23 bits per heavy atom. The van der Waals surface area contributed by atoms with Crippen LogP contribution in [0.15, 0.2) is 58.9 Å². The van der Waals surface area contributed by atoms with Crippen LogP contribution in [-0.2, 0) is 11.3 Å². The molecule has 4 rings (SSSR count). The lowest BCUT2D eigenvalue weighted by molar-refractivity contribution is -0.113. The Bertz CT molecular complexity index is 1210. The number of amides is 1. The number of aromatic nitrogens is 4. The number of thioether (sulfide) groups is 1. The minimum Gasteiger partial charge on any atom is -0.301 e. The van der Waals surface area contributed by atoms with Gasteiger partial charge in [-0.3, -0.25) is 9.36 Å². The predicted molar refractivity (Wildman–Crippen MR) is 130 cm³/mol. The summed E-state index contributed by atoms with van der Waals surface area (Å²) in [4.78, 5) is 18.1. The lowest BCUT2D eigenvalue weighted by Crippen LogP contribution is -2.14. The van der Waals surface area contributed by atoms with Crippen molar-refractivity contribution in [2.24, 2.45) is 0 Å². The summed E-state index contributed by atoms with van der Waals surface area (Å²) in [5, 5.41) is 16.7. The molecule has 0 radical (unpaired) electrons. The fourth-order valence-corrected chi connectivity index (χ4v) is 5.13. The van der Waals surface area contributed by atoms with Gasteiger partial charge in [-0.05, 0) is 42.5 Å². The number of anilines is 1. The van der Waals surface area contributed by atoms with Crippen LogP contribution < -0.4 is 5.32 Å². The monoisotopic (exact) mass is 467 g/mol. The molecular formula is C22H21N5OS3. The van der Waals surface area contributed by atoms with Crippen LogP contribution in [0.1, 0.15) is 11.1 Å². The van der Waals surface area contributed by atoms with Crippen LogP contribution >= 0.6 is 34.4 Å². The molecule has 1 amide bonds. The maximum atomic E-state index is 12.5. The van der Waals surface area contributed by atoms with Gasteiger partial charge in [-0.25, -0.2) is 4.98 Å². The number of nitrogens with zero attached hydrogens (tertiary/aromatic N) is 4. The molecule has 4 aromatic rings. The van der Waals surface area contributed by atoms with Crippen molar-refractivity contribution in [3.05, 3.63) is 64.9 Å². The summed E-state index contributed by atoms with van der Waals surface area (Å²) in [5.41, 5.74) is 4.38. The number of allylic oxidation sites excluding steroid dienone is 1. The lowest BCUT2D eigenvalue weighted by Gasteiger charge is -2.06. The number of thiophene rings is 1. The van der Waals surface area contributed by atoms with E-state index in [1.165, 1.54) is 34.2 Å². The summed E-state index contributed by atoms with van der Waals surface area (Å²) in [5.74, 6) is 0.880. The Hall–Kier alpha value is -2.75. The van der Waals surface area contributed by atoms with Crippen molar-refractivity contribution in [1.82, 2.24) is 19.7 Å². The second kappa shape index (κ2) is 9.59. The molecule has 31 heavy (non-hydrogen) atoms. The van der Waals surface area contributed by atoms with Gasteiger partial charge in [-0.1, -0.05) is 36.0 Å². The highest BCUT2D eigenvalue weighted by Crippen LogP contribution is 2.29. The SMILES string of the molecule is C=CCn1c(SCC(=O)Nc2nc(-c3ccc(C)c(C)c3)cs2)nnc1-c1cccs1. The number of nitrogens with one attached hydrogen (secondary N) is 1. The minimum absolute atomic E-state index is 0.128. The van der Waals surface area contributed by atoms with Gasteiger partial charge in [0.05, 0.1) is 16.3 Å². The van der Waals surface area contributed by atoms with Gasteiger partial charge in [0, 0.05) is 17.5 Å². The highest BCUT2D eigenvalue weighted by molar-refractivity contribution is 7.99. The van der Waals surface area contributed by atoms with E-state index in [1.54, 1.807) is 17.4 Å². The first-order chi connectivity index (χ1) is 15.0. The van der Waals surface area contributed by atoms with E-state index in [4.69, 9.17) is 0 Å². The summed E-state index contributed by atoms with van der Waals surface area (Å²) < 4.78 is 1.97. The third-order valence-electron chi connectivity index (χ3n) is 4.66. The van der Waals surface area contributed by atoms with Crippen molar-refractivity contribution in [2.45, 2.75) is 25.5 Å². The first-order valence-electron chi connectivity index (χ1n) is 9.59. The molecule has 3 aromatic heterocycles. The second-order valence-electron chi connectivity index (χ2n) is 6.86. The topological polar surface area (TPSA) is 72.7 Å². The van der Waals surface area contributed by atoms with Gasteiger partial charge in [0.15, 0.2) is 16.1 Å². The zero-order valence-electron chi connectivity index (χ0n) is 17.2. The molecule has 0 aliphatic rings. The first kappa shape index (κ1) is 21.5. The molecule has 0 saturated heterocycles. The average Bonchev–Trinajstić information content (AvgIpc) is 3.50. The Labute approximate surface area is 193 Å². The molecular weight excluding hydrogens is 446 g/mol. The van der Waals surface area contributed by atoms with E-state index in [0.717, 1.165) is 22.0 Å². The van der Waals surface area contributed by atoms with Gasteiger partial charge in [0.2, 0.25) is 5.91 Å². The second-order valence-corrected chi connectivity index (χ2v) is 9.60. The number of aryl methyl sites for hydroxylation is 2. The van der Waals surface area contributed by atoms with E-state index in [-0.39, 0.29) is 11.7 Å². The number of hydrogen-bond acceptors (Lipinski definition) is 7. The fourth-order valence-electron chi connectivity index (χ4n) is 2.93. The van der Waals surface area contributed by atoms with Crippen molar-refractivity contribution in [3.8, 4) is 22.0 Å². The third kappa shape index (κ3) is 4.95. The molecule has 0 aliphatic heterocycles. The van der Waals surface area contributed by atoms with E-state index in [9.17, 15) is 4.79 Å². The highest BCUT2D eigenvalue weighted by Gasteiger charge is 2.16. The van der Waals surface area contributed by atoms with Crippen LogP contribution in [0.2, 0.25) is 0 Å².